The van der Waals surface area contributed by atoms with Gasteiger partial charge in [0.25, 0.3) is 0 Å². The third-order valence-electron chi connectivity index (χ3n) is 3.34. The molecule has 0 bridgehead atoms. The summed E-state index contributed by atoms with van der Waals surface area (Å²) in [4.78, 5) is 16.3. The van der Waals surface area contributed by atoms with Crippen LogP contribution in [0.25, 0.3) is 11.6 Å². The molecule has 0 aromatic carbocycles. The Hall–Kier alpha value is -2.04. The zero-order valence-electron chi connectivity index (χ0n) is 11.4. The predicted molar refractivity (Wildman–Crippen MR) is 70.4 cm³/mol. The average molecular weight is 262 g/mol. The van der Waals surface area contributed by atoms with E-state index in [1.807, 2.05) is 24.5 Å². The number of imidazole rings is 1. The molecule has 0 spiro atoms. The number of ether oxygens (including phenoxy) is 1. The van der Waals surface area contributed by atoms with E-state index in [-0.39, 0.29) is 11.9 Å². The Morgan fingerprint density at radius 2 is 2.37 bits per heavy atom. The molecule has 0 fully saturated rings. The molecule has 2 aromatic heterocycles. The van der Waals surface area contributed by atoms with Crippen LogP contribution in [0.2, 0.25) is 0 Å². The lowest BCUT2D eigenvalue weighted by atomic mass is 9.99. The first kappa shape index (κ1) is 13.4. The first-order chi connectivity index (χ1) is 9.19. The maximum atomic E-state index is 12.0. The second-order valence-corrected chi connectivity index (χ2v) is 4.49. The molecule has 2 atom stereocenters. The number of nitrogens with zero attached hydrogens (tertiary/aromatic N) is 2. The van der Waals surface area contributed by atoms with Crippen LogP contribution in [-0.2, 0) is 9.53 Å². The van der Waals surface area contributed by atoms with Gasteiger partial charge in [-0.2, -0.15) is 0 Å². The molecule has 5 nitrogen and oxygen atoms in total. The van der Waals surface area contributed by atoms with Crippen molar-refractivity contribution in [3.05, 3.63) is 30.8 Å². The van der Waals surface area contributed by atoms with E-state index in [1.54, 1.807) is 24.7 Å². The summed E-state index contributed by atoms with van der Waals surface area (Å²) in [5.41, 5.74) is 0. The van der Waals surface area contributed by atoms with Gasteiger partial charge in [-0.3, -0.25) is 0 Å². The molecule has 2 aromatic rings. The number of hydrogen-bond donors (Lipinski definition) is 0. The van der Waals surface area contributed by atoms with Gasteiger partial charge in [-0.1, -0.05) is 20.3 Å². The van der Waals surface area contributed by atoms with Crippen LogP contribution in [0.4, 0.5) is 0 Å². The summed E-state index contributed by atoms with van der Waals surface area (Å²) >= 11 is 0. The number of methoxy groups -OCH3 is 1. The largest absolute Gasteiger partial charge is 0.467 e. The number of carbonyl (C=O) groups is 1. The van der Waals surface area contributed by atoms with Crippen molar-refractivity contribution < 1.29 is 13.9 Å². The Kier molecular flexibility index (Phi) is 4.04. The van der Waals surface area contributed by atoms with E-state index in [4.69, 9.17) is 9.15 Å². The molecule has 19 heavy (non-hydrogen) atoms. The Morgan fingerprint density at radius 1 is 1.58 bits per heavy atom. The second kappa shape index (κ2) is 5.73. The van der Waals surface area contributed by atoms with Crippen LogP contribution in [0.1, 0.15) is 26.3 Å². The molecular weight excluding hydrogens is 244 g/mol. The Bertz CT molecular complexity index is 531. The van der Waals surface area contributed by atoms with Crippen molar-refractivity contribution in [2.45, 2.75) is 26.3 Å². The van der Waals surface area contributed by atoms with Gasteiger partial charge in [-0.15, -0.1) is 0 Å². The molecule has 0 saturated heterocycles. The smallest absolute Gasteiger partial charge is 0.329 e. The van der Waals surface area contributed by atoms with Gasteiger partial charge in [0.15, 0.2) is 11.6 Å². The van der Waals surface area contributed by atoms with Gasteiger partial charge in [0.05, 0.1) is 13.4 Å². The first-order valence-corrected chi connectivity index (χ1v) is 6.33. The molecule has 0 unspecified atom stereocenters. The molecular formula is C14H18N2O3. The highest BCUT2D eigenvalue weighted by Crippen LogP contribution is 2.28. The molecule has 0 saturated carbocycles. The highest BCUT2D eigenvalue weighted by molar-refractivity contribution is 5.75. The standard InChI is InChI=1S/C14H18N2O3/c1-4-10(2)12(14(17)18-3)16-8-7-15-13(16)11-6-5-9-19-11/h5-10,12H,4H2,1-3H3/t10-,12-/m0/s1. The van der Waals surface area contributed by atoms with Crippen LogP contribution in [0.5, 0.6) is 0 Å². The normalized spacial score (nSPS) is 14.1. The van der Waals surface area contributed by atoms with Crippen LogP contribution < -0.4 is 0 Å². The van der Waals surface area contributed by atoms with Gasteiger partial charge in [0.2, 0.25) is 0 Å². The highest BCUT2D eigenvalue weighted by atomic mass is 16.5. The molecule has 0 aliphatic rings. The summed E-state index contributed by atoms with van der Waals surface area (Å²) in [5, 5.41) is 0. The highest BCUT2D eigenvalue weighted by Gasteiger charge is 2.29. The molecule has 0 amide bonds. The van der Waals surface area contributed by atoms with Crippen molar-refractivity contribution in [3.8, 4) is 11.6 Å². The molecule has 5 heteroatoms. The number of furan rings is 1. The molecule has 0 aliphatic carbocycles. The Balaban J connectivity index is 2.43. The molecule has 0 radical (unpaired) electrons. The second-order valence-electron chi connectivity index (χ2n) is 4.49. The van der Waals surface area contributed by atoms with E-state index in [2.05, 4.69) is 4.98 Å². The number of esters is 1. The van der Waals surface area contributed by atoms with Gasteiger partial charge < -0.3 is 13.7 Å². The lowest BCUT2D eigenvalue weighted by Gasteiger charge is -2.23. The van der Waals surface area contributed by atoms with E-state index in [1.165, 1.54) is 7.11 Å². The third kappa shape index (κ3) is 2.54. The van der Waals surface area contributed by atoms with Gasteiger partial charge in [0.1, 0.15) is 6.04 Å². The number of hydrogen-bond acceptors (Lipinski definition) is 4. The quantitative estimate of drug-likeness (QED) is 0.777. The predicted octanol–water partition coefficient (Wildman–Crippen LogP) is 2.90. The van der Waals surface area contributed by atoms with Crippen molar-refractivity contribution in [2.24, 2.45) is 5.92 Å². The van der Waals surface area contributed by atoms with Gasteiger partial charge in [-0.25, -0.2) is 9.78 Å². The fraction of sp³-hybridized carbons (Fsp3) is 0.429. The Labute approximate surface area is 112 Å². The van der Waals surface area contributed by atoms with E-state index in [0.29, 0.717) is 11.6 Å². The summed E-state index contributed by atoms with van der Waals surface area (Å²) in [5.74, 6) is 1.17. The topological polar surface area (TPSA) is 57.3 Å². The summed E-state index contributed by atoms with van der Waals surface area (Å²) < 4.78 is 12.1. The van der Waals surface area contributed by atoms with Crippen molar-refractivity contribution >= 4 is 5.97 Å². The summed E-state index contributed by atoms with van der Waals surface area (Å²) in [6.45, 7) is 4.07. The van der Waals surface area contributed by atoms with Gasteiger partial charge in [-0.05, 0) is 18.1 Å². The fourth-order valence-corrected chi connectivity index (χ4v) is 2.10. The number of rotatable bonds is 5. The van der Waals surface area contributed by atoms with Crippen LogP contribution in [0, 0.1) is 5.92 Å². The lowest BCUT2D eigenvalue weighted by molar-refractivity contribution is -0.146. The zero-order valence-corrected chi connectivity index (χ0v) is 11.4. The van der Waals surface area contributed by atoms with Crippen molar-refractivity contribution in [1.29, 1.82) is 0 Å². The maximum absolute atomic E-state index is 12.0. The molecule has 2 rings (SSSR count). The summed E-state index contributed by atoms with van der Waals surface area (Å²) in [6.07, 6.45) is 5.90. The van der Waals surface area contributed by atoms with E-state index in [9.17, 15) is 4.79 Å². The van der Waals surface area contributed by atoms with Crippen LogP contribution >= 0.6 is 0 Å². The number of carbonyl (C=O) groups excluding carboxylic acids is 1. The lowest BCUT2D eigenvalue weighted by Crippen LogP contribution is -2.27. The molecule has 0 N–H and O–H groups in total. The fourth-order valence-electron chi connectivity index (χ4n) is 2.10. The Morgan fingerprint density at radius 3 is 2.95 bits per heavy atom. The molecule has 2 heterocycles. The minimum atomic E-state index is -0.391. The number of aromatic nitrogens is 2. The van der Waals surface area contributed by atoms with Gasteiger partial charge >= 0.3 is 5.97 Å². The minimum Gasteiger partial charge on any atom is -0.467 e. The van der Waals surface area contributed by atoms with E-state index < -0.39 is 6.04 Å². The minimum absolute atomic E-state index is 0.148. The first-order valence-electron chi connectivity index (χ1n) is 6.33. The van der Waals surface area contributed by atoms with Crippen LogP contribution in [-0.4, -0.2) is 22.6 Å². The summed E-state index contributed by atoms with van der Waals surface area (Å²) in [6, 6.07) is 3.23. The van der Waals surface area contributed by atoms with Crippen molar-refractivity contribution in [1.82, 2.24) is 9.55 Å². The monoisotopic (exact) mass is 262 g/mol. The third-order valence-corrected chi connectivity index (χ3v) is 3.34. The zero-order chi connectivity index (χ0) is 13.8. The van der Waals surface area contributed by atoms with Gasteiger partial charge in [0, 0.05) is 12.4 Å². The van der Waals surface area contributed by atoms with Crippen molar-refractivity contribution in [3.63, 3.8) is 0 Å². The van der Waals surface area contributed by atoms with Crippen molar-refractivity contribution in [2.75, 3.05) is 7.11 Å². The SMILES string of the molecule is CC[C@H](C)[C@@H](C(=O)OC)n1ccnc1-c1ccco1. The maximum Gasteiger partial charge on any atom is 0.329 e. The van der Waals surface area contributed by atoms with E-state index >= 15 is 0 Å². The summed E-state index contributed by atoms with van der Waals surface area (Å²) in [7, 11) is 1.40. The van der Waals surface area contributed by atoms with E-state index in [0.717, 1.165) is 6.42 Å². The average Bonchev–Trinajstić information content (AvgIpc) is 3.08. The van der Waals surface area contributed by atoms with Crippen LogP contribution in [0.3, 0.4) is 0 Å². The molecule has 102 valence electrons. The molecule has 0 aliphatic heterocycles. The van der Waals surface area contributed by atoms with Crippen LogP contribution in [0.15, 0.2) is 35.2 Å².